The van der Waals surface area contributed by atoms with E-state index in [9.17, 15) is 4.79 Å². The Morgan fingerprint density at radius 1 is 1.40 bits per heavy atom. The van der Waals surface area contributed by atoms with E-state index in [0.717, 1.165) is 22.6 Å². The van der Waals surface area contributed by atoms with Gasteiger partial charge in [0.15, 0.2) is 6.61 Å². The summed E-state index contributed by atoms with van der Waals surface area (Å²) in [6.07, 6.45) is 1.77. The second-order valence-corrected chi connectivity index (χ2v) is 4.66. The van der Waals surface area contributed by atoms with Crippen molar-refractivity contribution in [1.29, 1.82) is 0 Å². The lowest BCUT2D eigenvalue weighted by atomic mass is 10.1. The maximum atomic E-state index is 11.3. The van der Waals surface area contributed by atoms with Gasteiger partial charge in [0.05, 0.1) is 17.1 Å². The Balaban J connectivity index is 1.74. The van der Waals surface area contributed by atoms with Crippen LogP contribution >= 0.6 is 0 Å². The lowest BCUT2D eigenvalue weighted by Gasteiger charge is -2.18. The Morgan fingerprint density at radius 3 is 3.15 bits per heavy atom. The third-order valence-electron chi connectivity index (χ3n) is 3.17. The van der Waals surface area contributed by atoms with Gasteiger partial charge in [-0.05, 0) is 36.8 Å². The second kappa shape index (κ2) is 5.21. The first-order valence-corrected chi connectivity index (χ1v) is 6.43. The number of anilines is 2. The van der Waals surface area contributed by atoms with E-state index in [1.807, 2.05) is 37.3 Å². The monoisotopic (exact) mass is 269 g/mol. The molecule has 2 aromatic rings. The van der Waals surface area contributed by atoms with Gasteiger partial charge in [0.2, 0.25) is 0 Å². The third-order valence-corrected chi connectivity index (χ3v) is 3.17. The maximum Gasteiger partial charge on any atom is 0.262 e. The number of ether oxygens (including phenoxy) is 1. The van der Waals surface area contributed by atoms with E-state index in [1.165, 1.54) is 0 Å². The fourth-order valence-corrected chi connectivity index (χ4v) is 2.11. The van der Waals surface area contributed by atoms with E-state index in [4.69, 9.17) is 4.74 Å². The molecule has 2 N–H and O–H groups in total. The van der Waals surface area contributed by atoms with Crippen molar-refractivity contribution in [3.8, 4) is 5.75 Å². The highest BCUT2D eigenvalue weighted by atomic mass is 16.5. The molecular formula is C15H15N3O2. The number of benzene rings is 1. The van der Waals surface area contributed by atoms with Gasteiger partial charge in [-0.25, -0.2) is 0 Å². The number of hydrogen-bond acceptors (Lipinski definition) is 4. The van der Waals surface area contributed by atoms with E-state index >= 15 is 0 Å². The smallest absolute Gasteiger partial charge is 0.262 e. The molecule has 0 saturated carbocycles. The van der Waals surface area contributed by atoms with Gasteiger partial charge in [-0.2, -0.15) is 0 Å². The quantitative estimate of drug-likeness (QED) is 0.897. The van der Waals surface area contributed by atoms with Crippen LogP contribution in [0.25, 0.3) is 0 Å². The van der Waals surface area contributed by atoms with Crippen molar-refractivity contribution in [2.75, 3.05) is 17.2 Å². The minimum Gasteiger partial charge on any atom is -0.482 e. The summed E-state index contributed by atoms with van der Waals surface area (Å²) in [4.78, 5) is 15.5. The van der Waals surface area contributed by atoms with Crippen molar-refractivity contribution in [3.05, 3.63) is 47.8 Å². The molecule has 0 spiro atoms. The number of hydrogen-bond donors (Lipinski definition) is 2. The van der Waals surface area contributed by atoms with E-state index in [1.54, 1.807) is 6.20 Å². The Kier molecular flexibility index (Phi) is 3.25. The van der Waals surface area contributed by atoms with Gasteiger partial charge in [0.25, 0.3) is 5.91 Å². The zero-order valence-electron chi connectivity index (χ0n) is 11.1. The van der Waals surface area contributed by atoms with Crippen LogP contribution in [0.1, 0.15) is 11.3 Å². The van der Waals surface area contributed by atoms with E-state index in [0.29, 0.717) is 12.3 Å². The number of nitrogens with one attached hydrogen (secondary N) is 2. The molecule has 1 aliphatic heterocycles. The fraction of sp³-hybridized carbons (Fsp3) is 0.200. The summed E-state index contributed by atoms with van der Waals surface area (Å²) in [6.45, 7) is 2.71. The zero-order chi connectivity index (χ0) is 13.9. The predicted molar refractivity (Wildman–Crippen MR) is 76.9 cm³/mol. The van der Waals surface area contributed by atoms with Crippen molar-refractivity contribution in [2.24, 2.45) is 0 Å². The molecule has 1 aromatic heterocycles. The van der Waals surface area contributed by atoms with Gasteiger partial charge in [0.1, 0.15) is 5.75 Å². The topological polar surface area (TPSA) is 63.2 Å². The third kappa shape index (κ3) is 2.56. The van der Waals surface area contributed by atoms with Gasteiger partial charge in [-0.15, -0.1) is 0 Å². The van der Waals surface area contributed by atoms with E-state index < -0.39 is 0 Å². The summed E-state index contributed by atoms with van der Waals surface area (Å²) in [6, 6.07) is 9.67. The highest BCUT2D eigenvalue weighted by molar-refractivity contribution is 5.95. The molecule has 3 rings (SSSR count). The lowest BCUT2D eigenvalue weighted by molar-refractivity contribution is -0.118. The number of carbonyl (C=O) groups excluding carboxylic acids is 1. The first-order valence-electron chi connectivity index (χ1n) is 6.43. The maximum absolute atomic E-state index is 11.3. The van der Waals surface area contributed by atoms with Crippen LogP contribution in [-0.4, -0.2) is 17.5 Å². The van der Waals surface area contributed by atoms with Crippen LogP contribution in [0.5, 0.6) is 5.75 Å². The number of amides is 1. The van der Waals surface area contributed by atoms with Gasteiger partial charge < -0.3 is 15.4 Å². The normalized spacial score (nSPS) is 13.2. The Bertz CT molecular complexity index is 655. The highest BCUT2D eigenvalue weighted by Gasteiger charge is 2.15. The minimum absolute atomic E-state index is 0.0828. The number of rotatable bonds is 3. The van der Waals surface area contributed by atoms with Gasteiger partial charge in [-0.1, -0.05) is 6.07 Å². The average Bonchev–Trinajstić information content (AvgIpc) is 2.46. The number of aromatic nitrogens is 1. The van der Waals surface area contributed by atoms with E-state index in [2.05, 4.69) is 15.6 Å². The molecule has 20 heavy (non-hydrogen) atoms. The van der Waals surface area contributed by atoms with Gasteiger partial charge in [0, 0.05) is 12.7 Å². The summed E-state index contributed by atoms with van der Waals surface area (Å²) in [7, 11) is 0. The van der Waals surface area contributed by atoms with E-state index in [-0.39, 0.29) is 12.5 Å². The lowest BCUT2D eigenvalue weighted by Crippen LogP contribution is -2.25. The molecule has 0 saturated heterocycles. The van der Waals surface area contributed by atoms with Crippen LogP contribution in [0.2, 0.25) is 0 Å². The molecule has 0 unspecified atom stereocenters. The number of aryl methyl sites for hydroxylation is 1. The SMILES string of the molecule is Cc1ncccc1NCc1ccc2c(c1)NC(=O)CO2. The van der Waals surface area contributed by atoms with Crippen LogP contribution in [0.3, 0.4) is 0 Å². The molecule has 102 valence electrons. The first-order chi connectivity index (χ1) is 9.72. The number of pyridine rings is 1. The van der Waals surface area contributed by atoms with Crippen LogP contribution in [0.4, 0.5) is 11.4 Å². The van der Waals surface area contributed by atoms with Crippen molar-refractivity contribution < 1.29 is 9.53 Å². The average molecular weight is 269 g/mol. The molecule has 0 fully saturated rings. The molecule has 2 heterocycles. The highest BCUT2D eigenvalue weighted by Crippen LogP contribution is 2.28. The molecule has 5 heteroatoms. The first kappa shape index (κ1) is 12.5. The minimum atomic E-state index is -0.120. The standard InChI is InChI=1S/C15H15N3O2/c1-10-12(3-2-6-16-10)17-8-11-4-5-14-13(7-11)18-15(19)9-20-14/h2-7,17H,8-9H2,1H3,(H,18,19). The van der Waals surface area contributed by atoms with Crippen molar-refractivity contribution in [1.82, 2.24) is 4.98 Å². The molecule has 0 atom stereocenters. The molecule has 0 bridgehead atoms. The Hall–Kier alpha value is -2.56. The summed E-state index contributed by atoms with van der Waals surface area (Å²) in [5.74, 6) is 0.594. The predicted octanol–water partition coefficient (Wildman–Crippen LogP) is 2.33. The van der Waals surface area contributed by atoms with Crippen LogP contribution in [0, 0.1) is 6.92 Å². The van der Waals surface area contributed by atoms with Crippen molar-refractivity contribution in [2.45, 2.75) is 13.5 Å². The Labute approximate surface area is 117 Å². The summed E-state index contributed by atoms with van der Waals surface area (Å²) in [5.41, 5.74) is 3.76. The summed E-state index contributed by atoms with van der Waals surface area (Å²) >= 11 is 0. The Morgan fingerprint density at radius 2 is 2.30 bits per heavy atom. The summed E-state index contributed by atoms with van der Waals surface area (Å²) < 4.78 is 5.33. The number of fused-ring (bicyclic) bond motifs is 1. The largest absolute Gasteiger partial charge is 0.482 e. The zero-order valence-corrected chi connectivity index (χ0v) is 11.1. The van der Waals surface area contributed by atoms with Gasteiger partial charge >= 0.3 is 0 Å². The molecule has 1 aliphatic rings. The number of carbonyl (C=O) groups is 1. The van der Waals surface area contributed by atoms with Crippen molar-refractivity contribution in [3.63, 3.8) is 0 Å². The summed E-state index contributed by atoms with van der Waals surface area (Å²) in [5, 5.41) is 6.14. The molecule has 0 aliphatic carbocycles. The van der Waals surface area contributed by atoms with Crippen LogP contribution in [-0.2, 0) is 11.3 Å². The van der Waals surface area contributed by atoms with Crippen LogP contribution < -0.4 is 15.4 Å². The molecule has 5 nitrogen and oxygen atoms in total. The molecule has 1 aromatic carbocycles. The van der Waals surface area contributed by atoms with Crippen LogP contribution in [0.15, 0.2) is 36.5 Å². The second-order valence-electron chi connectivity index (χ2n) is 4.66. The molecular weight excluding hydrogens is 254 g/mol. The van der Waals surface area contributed by atoms with Crippen molar-refractivity contribution >= 4 is 17.3 Å². The molecule has 0 radical (unpaired) electrons. The fourth-order valence-electron chi connectivity index (χ4n) is 2.11. The number of nitrogens with zero attached hydrogens (tertiary/aromatic N) is 1. The molecule has 1 amide bonds. The van der Waals surface area contributed by atoms with Gasteiger partial charge in [-0.3, -0.25) is 9.78 Å².